The van der Waals surface area contributed by atoms with Crippen LogP contribution >= 0.6 is 11.8 Å². The van der Waals surface area contributed by atoms with Crippen LogP contribution in [0.3, 0.4) is 0 Å². The van der Waals surface area contributed by atoms with Gasteiger partial charge in [0.25, 0.3) is 5.56 Å². The predicted molar refractivity (Wildman–Crippen MR) is 131 cm³/mol. The third-order valence-corrected chi connectivity index (χ3v) is 8.69. The highest BCUT2D eigenvalue weighted by molar-refractivity contribution is 7.98. The molecule has 1 aromatic carbocycles. The fourth-order valence-electron chi connectivity index (χ4n) is 3.90. The number of hydrogen-bond donors (Lipinski definition) is 0. The molecule has 0 unspecified atom stereocenters. The molecule has 8 nitrogen and oxygen atoms in total. The number of nitrogens with zero attached hydrogens (tertiary/aromatic N) is 5. The summed E-state index contributed by atoms with van der Waals surface area (Å²) in [6.07, 6.45) is 1.72. The molecule has 0 N–H and O–H groups in total. The highest BCUT2D eigenvalue weighted by Crippen LogP contribution is 2.28. The van der Waals surface area contributed by atoms with Crippen LogP contribution in [0.25, 0.3) is 16.7 Å². The van der Waals surface area contributed by atoms with Crippen LogP contribution in [0, 0.1) is 6.92 Å². The SMILES string of the molecule is CCN(CC)S(=O)(=O)c1ccc2c(c1)nc(SCc1cc(=O)n3cccc(C)c3n1)n2CC. The van der Waals surface area contributed by atoms with Crippen molar-refractivity contribution in [3.8, 4) is 0 Å². The van der Waals surface area contributed by atoms with Gasteiger partial charge in [0.15, 0.2) is 5.16 Å². The minimum atomic E-state index is -3.56. The second kappa shape index (κ2) is 9.28. The Kier molecular flexibility index (Phi) is 6.60. The Morgan fingerprint density at radius 1 is 1.06 bits per heavy atom. The molecule has 0 saturated heterocycles. The van der Waals surface area contributed by atoms with Gasteiger partial charge in [-0.15, -0.1) is 0 Å². The number of rotatable bonds is 8. The topological polar surface area (TPSA) is 89.6 Å². The van der Waals surface area contributed by atoms with Gasteiger partial charge in [0.2, 0.25) is 10.0 Å². The summed E-state index contributed by atoms with van der Waals surface area (Å²) in [7, 11) is -3.56. The van der Waals surface area contributed by atoms with Crippen molar-refractivity contribution in [3.63, 3.8) is 0 Å². The zero-order valence-electron chi connectivity index (χ0n) is 19.1. The molecule has 0 saturated carbocycles. The van der Waals surface area contributed by atoms with E-state index in [0.717, 1.165) is 16.2 Å². The fourth-order valence-corrected chi connectivity index (χ4v) is 6.35. The second-order valence-electron chi connectivity index (χ2n) is 7.64. The van der Waals surface area contributed by atoms with Crippen LogP contribution in [-0.2, 0) is 22.3 Å². The number of imidazole rings is 1. The Morgan fingerprint density at radius 2 is 1.82 bits per heavy atom. The molecule has 0 aliphatic rings. The van der Waals surface area contributed by atoms with Crippen molar-refractivity contribution in [1.29, 1.82) is 0 Å². The summed E-state index contributed by atoms with van der Waals surface area (Å²) in [5, 5.41) is 0.761. The normalized spacial score (nSPS) is 12.3. The van der Waals surface area contributed by atoms with Crippen molar-refractivity contribution >= 4 is 38.5 Å². The molecule has 0 aliphatic heterocycles. The summed E-state index contributed by atoms with van der Waals surface area (Å²) in [5.74, 6) is 0.480. The molecule has 0 radical (unpaired) electrons. The first kappa shape index (κ1) is 23.5. The van der Waals surface area contributed by atoms with E-state index in [1.54, 1.807) is 28.8 Å². The lowest BCUT2D eigenvalue weighted by molar-refractivity contribution is 0.445. The Morgan fingerprint density at radius 3 is 2.52 bits per heavy atom. The minimum Gasteiger partial charge on any atom is -0.319 e. The van der Waals surface area contributed by atoms with E-state index < -0.39 is 10.0 Å². The number of hydrogen-bond acceptors (Lipinski definition) is 6. The van der Waals surface area contributed by atoms with Gasteiger partial charge in [-0.25, -0.2) is 18.4 Å². The zero-order valence-corrected chi connectivity index (χ0v) is 20.8. The summed E-state index contributed by atoms with van der Waals surface area (Å²) in [4.78, 5) is 22.1. The van der Waals surface area contributed by atoms with E-state index in [4.69, 9.17) is 4.98 Å². The van der Waals surface area contributed by atoms with Crippen LogP contribution in [0.5, 0.6) is 0 Å². The number of fused-ring (bicyclic) bond motifs is 2. The number of aryl methyl sites for hydroxylation is 2. The van der Waals surface area contributed by atoms with Gasteiger partial charge in [-0.05, 0) is 43.7 Å². The average Bonchev–Trinajstić information content (AvgIpc) is 3.15. The van der Waals surface area contributed by atoms with E-state index >= 15 is 0 Å². The number of benzene rings is 1. The van der Waals surface area contributed by atoms with Crippen molar-refractivity contribution < 1.29 is 8.42 Å². The van der Waals surface area contributed by atoms with E-state index in [1.165, 1.54) is 16.1 Å². The molecule has 3 heterocycles. The average molecular weight is 486 g/mol. The molecule has 0 spiro atoms. The molecule has 0 fully saturated rings. The molecule has 4 aromatic rings. The highest BCUT2D eigenvalue weighted by atomic mass is 32.2. The van der Waals surface area contributed by atoms with Gasteiger partial charge in [0, 0.05) is 37.7 Å². The van der Waals surface area contributed by atoms with E-state index in [2.05, 4.69) is 4.98 Å². The standard InChI is InChI=1S/C23H27N5O3S2/c1-5-26(6-2)33(30,31)18-10-11-20-19(14-18)25-23(27(20)7-3)32-15-17-13-21(29)28-12-8-9-16(4)22(28)24-17/h8-14H,5-7,15H2,1-4H3. The Balaban J connectivity index is 1.68. The Labute approximate surface area is 197 Å². The van der Waals surface area contributed by atoms with E-state index in [-0.39, 0.29) is 10.5 Å². The van der Waals surface area contributed by atoms with Crippen LogP contribution in [0.4, 0.5) is 0 Å². The molecule has 0 atom stereocenters. The lowest BCUT2D eigenvalue weighted by Crippen LogP contribution is -2.30. The molecule has 0 bridgehead atoms. The third kappa shape index (κ3) is 4.30. The summed E-state index contributed by atoms with van der Waals surface area (Å²) < 4.78 is 30.9. The van der Waals surface area contributed by atoms with Crippen LogP contribution in [0.2, 0.25) is 0 Å². The quantitative estimate of drug-likeness (QED) is 0.354. The largest absolute Gasteiger partial charge is 0.319 e. The summed E-state index contributed by atoms with van der Waals surface area (Å²) in [5.41, 5.74) is 3.66. The van der Waals surface area contributed by atoms with E-state index in [1.807, 2.05) is 50.5 Å². The molecular formula is C23H27N5O3S2. The Hall–Kier alpha value is -2.69. The first-order chi connectivity index (χ1) is 15.8. The van der Waals surface area contributed by atoms with Gasteiger partial charge in [-0.2, -0.15) is 4.31 Å². The summed E-state index contributed by atoms with van der Waals surface area (Å²) in [6.45, 7) is 9.13. The molecular weight excluding hydrogens is 458 g/mol. The van der Waals surface area contributed by atoms with E-state index in [9.17, 15) is 13.2 Å². The smallest absolute Gasteiger partial charge is 0.258 e. The van der Waals surface area contributed by atoms with Gasteiger partial charge in [-0.3, -0.25) is 9.20 Å². The molecule has 0 aliphatic carbocycles. The van der Waals surface area contributed by atoms with Crippen molar-refractivity contribution in [2.75, 3.05) is 13.1 Å². The molecule has 4 rings (SSSR count). The molecule has 33 heavy (non-hydrogen) atoms. The maximum absolute atomic E-state index is 12.9. The zero-order chi connectivity index (χ0) is 23.8. The van der Waals surface area contributed by atoms with Gasteiger partial charge >= 0.3 is 0 Å². The monoisotopic (exact) mass is 485 g/mol. The van der Waals surface area contributed by atoms with Crippen LogP contribution in [0.15, 0.2) is 57.4 Å². The molecule has 0 amide bonds. The van der Waals surface area contributed by atoms with Crippen molar-refractivity contribution in [2.45, 2.75) is 50.0 Å². The second-order valence-corrected chi connectivity index (χ2v) is 10.5. The van der Waals surface area contributed by atoms with Gasteiger partial charge in [0.05, 0.1) is 21.6 Å². The lowest BCUT2D eigenvalue weighted by atomic mass is 10.3. The van der Waals surface area contributed by atoms with Crippen LogP contribution in [0.1, 0.15) is 32.0 Å². The van der Waals surface area contributed by atoms with Crippen LogP contribution < -0.4 is 5.56 Å². The maximum Gasteiger partial charge on any atom is 0.258 e. The fraction of sp³-hybridized carbons (Fsp3) is 0.348. The third-order valence-electron chi connectivity index (χ3n) is 5.63. The number of aromatic nitrogens is 4. The van der Waals surface area contributed by atoms with Crippen molar-refractivity contribution in [1.82, 2.24) is 23.2 Å². The number of thioether (sulfide) groups is 1. The summed E-state index contributed by atoms with van der Waals surface area (Å²) in [6, 6.07) is 10.4. The molecule has 174 valence electrons. The first-order valence-corrected chi connectivity index (χ1v) is 13.3. The van der Waals surface area contributed by atoms with Gasteiger partial charge < -0.3 is 4.57 Å². The van der Waals surface area contributed by atoms with Gasteiger partial charge in [0.1, 0.15) is 5.65 Å². The lowest BCUT2D eigenvalue weighted by Gasteiger charge is -2.18. The molecule has 10 heteroatoms. The van der Waals surface area contributed by atoms with Crippen molar-refractivity contribution in [2.24, 2.45) is 0 Å². The minimum absolute atomic E-state index is 0.116. The predicted octanol–water partition coefficient (Wildman–Crippen LogP) is 3.70. The van der Waals surface area contributed by atoms with Crippen molar-refractivity contribution in [3.05, 3.63) is 64.2 Å². The van der Waals surface area contributed by atoms with E-state index in [0.29, 0.717) is 42.2 Å². The number of pyridine rings is 1. The summed E-state index contributed by atoms with van der Waals surface area (Å²) >= 11 is 1.48. The Bertz CT molecular complexity index is 1490. The maximum atomic E-state index is 12.9. The highest BCUT2D eigenvalue weighted by Gasteiger charge is 2.23. The first-order valence-electron chi connectivity index (χ1n) is 10.9. The molecule has 3 aromatic heterocycles. The van der Waals surface area contributed by atoms with Crippen LogP contribution in [-0.4, -0.2) is 44.7 Å². The number of sulfonamides is 1. The van der Waals surface area contributed by atoms with Gasteiger partial charge in [-0.1, -0.05) is 31.7 Å².